The maximum atomic E-state index is 10.6. The van der Waals surface area contributed by atoms with Crippen molar-refractivity contribution in [2.24, 2.45) is 0 Å². The van der Waals surface area contributed by atoms with Crippen molar-refractivity contribution >= 4 is 57.4 Å². The first-order chi connectivity index (χ1) is 7.27. The summed E-state index contributed by atoms with van der Waals surface area (Å²) in [6.45, 7) is 0. The molecule has 2 aromatic rings. The van der Waals surface area contributed by atoms with Crippen LogP contribution >= 0.6 is 0 Å². The van der Waals surface area contributed by atoms with Gasteiger partial charge in [-0.25, -0.2) is 4.79 Å². The fraction of sp³-hybridized carbons (Fsp3) is 0. The summed E-state index contributed by atoms with van der Waals surface area (Å²) >= 11 is 0. The van der Waals surface area contributed by atoms with E-state index in [1.54, 1.807) is 12.1 Å². The quantitative estimate of drug-likeness (QED) is 0.816. The SMILES string of the molecule is O=C(O)c1ccc(-c2ccccc2)cc1.[KH]. The first-order valence-electron chi connectivity index (χ1n) is 4.66. The fourth-order valence-corrected chi connectivity index (χ4v) is 1.44. The van der Waals surface area contributed by atoms with Gasteiger partial charge in [-0.05, 0) is 23.3 Å². The predicted octanol–water partition coefficient (Wildman–Crippen LogP) is 2.40. The zero-order chi connectivity index (χ0) is 10.7. The number of rotatable bonds is 2. The van der Waals surface area contributed by atoms with Crippen LogP contribution < -0.4 is 0 Å². The van der Waals surface area contributed by atoms with E-state index >= 15 is 0 Å². The van der Waals surface area contributed by atoms with E-state index in [1.807, 2.05) is 42.5 Å². The minimum atomic E-state index is -0.894. The maximum absolute atomic E-state index is 10.6. The van der Waals surface area contributed by atoms with Crippen molar-refractivity contribution < 1.29 is 9.90 Å². The van der Waals surface area contributed by atoms with Crippen molar-refractivity contribution in [1.82, 2.24) is 0 Å². The number of benzene rings is 2. The van der Waals surface area contributed by atoms with Crippen molar-refractivity contribution in [3.05, 3.63) is 60.2 Å². The second kappa shape index (κ2) is 6.32. The molecule has 16 heavy (non-hydrogen) atoms. The first kappa shape index (κ1) is 13.6. The normalized spacial score (nSPS) is 9.25. The Kier molecular flexibility index (Phi) is 5.38. The van der Waals surface area contributed by atoms with Crippen molar-refractivity contribution in [3.8, 4) is 11.1 Å². The van der Waals surface area contributed by atoms with Crippen LogP contribution in [-0.4, -0.2) is 62.5 Å². The van der Waals surface area contributed by atoms with Gasteiger partial charge in [0.1, 0.15) is 0 Å². The Morgan fingerprint density at radius 1 is 0.812 bits per heavy atom. The molecule has 0 aromatic heterocycles. The molecule has 0 amide bonds. The van der Waals surface area contributed by atoms with Crippen LogP contribution in [0.2, 0.25) is 0 Å². The Morgan fingerprint density at radius 2 is 1.31 bits per heavy atom. The number of hydrogen-bond acceptors (Lipinski definition) is 1. The molecule has 76 valence electrons. The van der Waals surface area contributed by atoms with Crippen LogP contribution in [0.25, 0.3) is 11.1 Å². The number of carbonyl (C=O) groups is 1. The van der Waals surface area contributed by atoms with Gasteiger partial charge in [0, 0.05) is 0 Å². The third-order valence-corrected chi connectivity index (χ3v) is 2.24. The Labute approximate surface area is 137 Å². The molecule has 0 heterocycles. The summed E-state index contributed by atoms with van der Waals surface area (Å²) in [6, 6.07) is 16.7. The Balaban J connectivity index is 0.00000128. The van der Waals surface area contributed by atoms with E-state index < -0.39 is 5.97 Å². The molecule has 0 spiro atoms. The first-order valence-corrected chi connectivity index (χ1v) is 4.66. The molecule has 3 heteroatoms. The minimum absolute atomic E-state index is 0. The molecule has 0 aliphatic rings. The van der Waals surface area contributed by atoms with E-state index in [-0.39, 0.29) is 51.4 Å². The third kappa shape index (κ3) is 3.27. The summed E-state index contributed by atoms with van der Waals surface area (Å²) in [5.74, 6) is -0.894. The second-order valence-electron chi connectivity index (χ2n) is 3.25. The summed E-state index contributed by atoms with van der Waals surface area (Å²) in [5.41, 5.74) is 2.43. The van der Waals surface area contributed by atoms with Gasteiger partial charge in [0.05, 0.1) is 5.56 Å². The Bertz CT molecular complexity index is 463. The number of carboxylic acids is 1. The number of aromatic carboxylic acids is 1. The molecular weight excluding hydrogens is 227 g/mol. The van der Waals surface area contributed by atoms with E-state index in [4.69, 9.17) is 5.11 Å². The van der Waals surface area contributed by atoms with Crippen LogP contribution in [0.5, 0.6) is 0 Å². The molecule has 2 rings (SSSR count). The molecular formula is C13H11KO2. The summed E-state index contributed by atoms with van der Waals surface area (Å²) in [4.78, 5) is 10.6. The molecule has 0 unspecified atom stereocenters. The molecule has 0 saturated heterocycles. The molecule has 0 saturated carbocycles. The van der Waals surface area contributed by atoms with Crippen LogP contribution in [0, 0.1) is 0 Å². The summed E-state index contributed by atoms with van der Waals surface area (Å²) in [6.07, 6.45) is 0. The zero-order valence-corrected chi connectivity index (χ0v) is 8.05. The van der Waals surface area contributed by atoms with E-state index in [2.05, 4.69) is 0 Å². The van der Waals surface area contributed by atoms with Crippen molar-refractivity contribution in [1.29, 1.82) is 0 Å². The van der Waals surface area contributed by atoms with Gasteiger partial charge in [-0.15, -0.1) is 0 Å². The van der Waals surface area contributed by atoms with Crippen LogP contribution in [0.3, 0.4) is 0 Å². The molecule has 0 aliphatic carbocycles. The monoisotopic (exact) mass is 238 g/mol. The van der Waals surface area contributed by atoms with Crippen molar-refractivity contribution in [3.63, 3.8) is 0 Å². The van der Waals surface area contributed by atoms with Crippen LogP contribution in [0.15, 0.2) is 54.6 Å². The second-order valence-corrected chi connectivity index (χ2v) is 3.25. The molecule has 0 radical (unpaired) electrons. The van der Waals surface area contributed by atoms with Crippen LogP contribution in [-0.2, 0) is 0 Å². The van der Waals surface area contributed by atoms with Gasteiger partial charge in [0.25, 0.3) is 0 Å². The van der Waals surface area contributed by atoms with Crippen molar-refractivity contribution in [2.45, 2.75) is 0 Å². The van der Waals surface area contributed by atoms with Crippen molar-refractivity contribution in [2.75, 3.05) is 0 Å². The molecule has 0 bridgehead atoms. The molecule has 2 nitrogen and oxygen atoms in total. The number of hydrogen-bond donors (Lipinski definition) is 1. The van der Waals surface area contributed by atoms with Gasteiger partial charge in [-0.3, -0.25) is 0 Å². The number of carboxylic acid groups (broad SMARTS) is 1. The third-order valence-electron chi connectivity index (χ3n) is 2.24. The van der Waals surface area contributed by atoms with Gasteiger partial charge in [0.15, 0.2) is 0 Å². The van der Waals surface area contributed by atoms with Gasteiger partial charge < -0.3 is 5.11 Å². The Hall–Kier alpha value is -0.454. The summed E-state index contributed by atoms with van der Waals surface area (Å²) in [5, 5.41) is 8.75. The van der Waals surface area contributed by atoms with Crippen LogP contribution in [0.1, 0.15) is 10.4 Å². The molecule has 2 aromatic carbocycles. The molecule has 0 fully saturated rings. The summed E-state index contributed by atoms with van der Waals surface area (Å²) in [7, 11) is 0. The molecule has 0 aliphatic heterocycles. The summed E-state index contributed by atoms with van der Waals surface area (Å²) < 4.78 is 0. The van der Waals surface area contributed by atoms with E-state index in [1.165, 1.54) is 0 Å². The predicted molar refractivity (Wildman–Crippen MR) is 66.0 cm³/mol. The zero-order valence-electron chi connectivity index (χ0n) is 8.05. The molecule has 1 N–H and O–H groups in total. The van der Waals surface area contributed by atoms with Gasteiger partial charge in [0.2, 0.25) is 0 Å². The standard InChI is InChI=1S/C13H10O2.K.H/c14-13(15)12-8-6-11(7-9-12)10-4-2-1-3-5-10;;/h1-9H,(H,14,15);;. The fourth-order valence-electron chi connectivity index (χ4n) is 1.44. The van der Waals surface area contributed by atoms with Gasteiger partial charge in [-0.1, -0.05) is 42.5 Å². The topological polar surface area (TPSA) is 37.3 Å². The van der Waals surface area contributed by atoms with E-state index in [0.29, 0.717) is 5.56 Å². The average Bonchev–Trinajstić information content (AvgIpc) is 2.30. The Morgan fingerprint density at radius 3 is 1.81 bits per heavy atom. The molecule has 0 atom stereocenters. The van der Waals surface area contributed by atoms with Crippen LogP contribution in [0.4, 0.5) is 0 Å². The average molecular weight is 238 g/mol. The van der Waals surface area contributed by atoms with E-state index in [0.717, 1.165) is 11.1 Å². The van der Waals surface area contributed by atoms with E-state index in [9.17, 15) is 4.79 Å². The van der Waals surface area contributed by atoms with Gasteiger partial charge in [-0.2, -0.15) is 0 Å². The van der Waals surface area contributed by atoms with Gasteiger partial charge >= 0.3 is 57.4 Å².